The van der Waals surface area contributed by atoms with Crippen molar-refractivity contribution in [3.05, 3.63) is 77.5 Å². The first-order valence-corrected chi connectivity index (χ1v) is 9.97. The van der Waals surface area contributed by atoms with Gasteiger partial charge in [0.15, 0.2) is 9.84 Å². The molecule has 1 aliphatic rings. The van der Waals surface area contributed by atoms with E-state index in [0.29, 0.717) is 6.42 Å². The lowest BCUT2D eigenvalue weighted by atomic mass is 10.1. The van der Waals surface area contributed by atoms with Crippen LogP contribution in [0, 0.1) is 5.21 Å². The van der Waals surface area contributed by atoms with Crippen molar-refractivity contribution in [3.8, 4) is 0 Å². The second kappa shape index (κ2) is 6.75. The Bertz CT molecular complexity index is 845. The van der Waals surface area contributed by atoms with Crippen molar-refractivity contribution < 1.29 is 13.1 Å². The maximum atomic E-state index is 13.1. The van der Waals surface area contributed by atoms with Crippen LogP contribution in [-0.2, 0) is 9.84 Å². The van der Waals surface area contributed by atoms with Crippen molar-refractivity contribution in [2.75, 3.05) is 7.05 Å². The van der Waals surface area contributed by atoms with Crippen LogP contribution in [-0.4, -0.2) is 37.4 Å². The van der Waals surface area contributed by atoms with Crippen LogP contribution in [0.5, 0.6) is 0 Å². The lowest BCUT2D eigenvalue weighted by molar-refractivity contribution is -0.887. The van der Waals surface area contributed by atoms with E-state index in [9.17, 15) is 13.6 Å². The number of likely N-dealkylation sites (N-methyl/N-ethyl adjacent to an activating group) is 1. The molecule has 5 heteroatoms. The normalized spacial score (nSPS) is 30.0. The van der Waals surface area contributed by atoms with Crippen molar-refractivity contribution in [3.63, 3.8) is 0 Å². The fourth-order valence-electron chi connectivity index (χ4n) is 3.47. The first-order chi connectivity index (χ1) is 11.8. The average molecular weight is 357 g/mol. The third kappa shape index (κ3) is 3.40. The minimum Gasteiger partial charge on any atom is -0.632 e. The Hall–Kier alpha value is -1.95. The van der Waals surface area contributed by atoms with Gasteiger partial charge >= 0.3 is 0 Å². The fraction of sp³-hybridized carbons (Fsp3) is 0.300. The Balaban J connectivity index is 1.99. The van der Waals surface area contributed by atoms with E-state index >= 15 is 0 Å². The molecule has 1 fully saturated rings. The maximum Gasteiger partial charge on any atom is 0.187 e. The van der Waals surface area contributed by atoms with Gasteiger partial charge < -0.3 is 9.85 Å². The van der Waals surface area contributed by atoms with Gasteiger partial charge in [-0.15, -0.1) is 0 Å². The Labute approximate surface area is 149 Å². The average Bonchev–Trinajstić information content (AvgIpc) is 2.85. The molecule has 1 heterocycles. The summed E-state index contributed by atoms with van der Waals surface area (Å²) in [6.07, 6.45) is 3.99. The predicted molar refractivity (Wildman–Crippen MR) is 100 cm³/mol. The zero-order valence-corrected chi connectivity index (χ0v) is 15.3. The maximum absolute atomic E-state index is 13.1. The van der Waals surface area contributed by atoms with Gasteiger partial charge in [0.25, 0.3) is 0 Å². The van der Waals surface area contributed by atoms with Crippen molar-refractivity contribution in [1.82, 2.24) is 0 Å². The highest BCUT2D eigenvalue weighted by atomic mass is 32.2. The van der Waals surface area contributed by atoms with Gasteiger partial charge in [-0.3, -0.25) is 0 Å². The van der Waals surface area contributed by atoms with Gasteiger partial charge in [-0.2, -0.15) is 0 Å². The summed E-state index contributed by atoms with van der Waals surface area (Å²) in [4.78, 5) is 0.284. The van der Waals surface area contributed by atoms with Gasteiger partial charge in [0.1, 0.15) is 11.3 Å². The van der Waals surface area contributed by atoms with Crippen molar-refractivity contribution in [2.24, 2.45) is 0 Å². The minimum absolute atomic E-state index is 0.270. The van der Waals surface area contributed by atoms with Gasteiger partial charge in [-0.1, -0.05) is 54.6 Å². The molecule has 4 nitrogen and oxygen atoms in total. The molecule has 3 rings (SSSR count). The number of quaternary nitrogens is 1. The van der Waals surface area contributed by atoms with Crippen LogP contribution in [0.3, 0.4) is 0 Å². The lowest BCUT2D eigenvalue weighted by Gasteiger charge is -2.43. The lowest BCUT2D eigenvalue weighted by Crippen LogP contribution is -2.49. The number of hydrogen-bond acceptors (Lipinski definition) is 3. The van der Waals surface area contributed by atoms with E-state index in [4.69, 9.17) is 0 Å². The Morgan fingerprint density at radius 3 is 2.20 bits per heavy atom. The largest absolute Gasteiger partial charge is 0.632 e. The van der Waals surface area contributed by atoms with Crippen LogP contribution >= 0.6 is 0 Å². The number of benzene rings is 2. The molecule has 0 amide bonds. The number of likely N-dealkylation sites (tertiary alicyclic amines) is 1. The molecule has 2 aromatic rings. The first-order valence-electron chi connectivity index (χ1n) is 8.42. The molecule has 0 aliphatic carbocycles. The molecule has 132 valence electrons. The van der Waals surface area contributed by atoms with Crippen LogP contribution in [0.2, 0.25) is 0 Å². The SMILES string of the molecule is C[C@H]1C[C@H](S(=O)(=O)c2ccccc2)[C@H](/C=C/c2ccccc2)[N@@+]1(C)[O-]. The van der Waals surface area contributed by atoms with Gasteiger partial charge in [-0.05, 0) is 30.7 Å². The number of sulfone groups is 1. The highest BCUT2D eigenvalue weighted by Gasteiger charge is 2.50. The molecule has 0 spiro atoms. The van der Waals surface area contributed by atoms with Crippen LogP contribution in [0.25, 0.3) is 6.08 Å². The zero-order valence-electron chi connectivity index (χ0n) is 14.4. The predicted octanol–water partition coefficient (Wildman–Crippen LogP) is 3.65. The third-order valence-electron chi connectivity index (χ3n) is 5.18. The van der Waals surface area contributed by atoms with Crippen molar-refractivity contribution in [1.29, 1.82) is 0 Å². The van der Waals surface area contributed by atoms with Crippen LogP contribution < -0.4 is 0 Å². The van der Waals surface area contributed by atoms with E-state index in [1.807, 2.05) is 43.3 Å². The fourth-order valence-corrected chi connectivity index (χ4v) is 5.59. The highest BCUT2D eigenvalue weighted by molar-refractivity contribution is 7.92. The number of hydroxylamine groups is 3. The zero-order chi connectivity index (χ0) is 18.1. The number of rotatable bonds is 4. The summed E-state index contributed by atoms with van der Waals surface area (Å²) in [7, 11) is -1.99. The van der Waals surface area contributed by atoms with Crippen LogP contribution in [0.15, 0.2) is 71.6 Å². The van der Waals surface area contributed by atoms with Crippen LogP contribution in [0.4, 0.5) is 0 Å². The second-order valence-electron chi connectivity index (χ2n) is 6.80. The topological polar surface area (TPSA) is 57.2 Å². The van der Waals surface area contributed by atoms with E-state index < -0.39 is 25.8 Å². The minimum atomic E-state index is -3.56. The molecular formula is C20H23NO3S. The monoisotopic (exact) mass is 357 g/mol. The molecule has 0 radical (unpaired) electrons. The van der Waals surface area contributed by atoms with Crippen LogP contribution in [0.1, 0.15) is 18.9 Å². The molecule has 0 bridgehead atoms. The number of hydrogen-bond donors (Lipinski definition) is 0. The molecule has 0 unspecified atom stereocenters. The molecule has 0 N–H and O–H groups in total. The van der Waals surface area contributed by atoms with E-state index in [-0.39, 0.29) is 10.9 Å². The van der Waals surface area contributed by atoms with Gasteiger partial charge in [-0.25, -0.2) is 8.42 Å². The van der Waals surface area contributed by atoms with E-state index in [1.165, 1.54) is 0 Å². The van der Waals surface area contributed by atoms with E-state index in [1.54, 1.807) is 43.5 Å². The summed E-state index contributed by atoms with van der Waals surface area (Å²) in [5.41, 5.74) is 0.956. The summed E-state index contributed by atoms with van der Waals surface area (Å²) < 4.78 is 25.6. The highest BCUT2D eigenvalue weighted by Crippen LogP contribution is 2.38. The van der Waals surface area contributed by atoms with E-state index in [0.717, 1.165) is 5.56 Å². The Morgan fingerprint density at radius 2 is 1.60 bits per heavy atom. The van der Waals surface area contributed by atoms with Gasteiger partial charge in [0.05, 0.1) is 18.0 Å². The molecule has 25 heavy (non-hydrogen) atoms. The molecular weight excluding hydrogens is 334 g/mol. The third-order valence-corrected chi connectivity index (χ3v) is 7.37. The molecule has 0 saturated carbocycles. The first kappa shape index (κ1) is 17.9. The molecule has 2 aromatic carbocycles. The van der Waals surface area contributed by atoms with Gasteiger partial charge in [0, 0.05) is 6.42 Å². The summed E-state index contributed by atoms with van der Waals surface area (Å²) in [6, 6.07) is 17.2. The molecule has 4 atom stereocenters. The summed E-state index contributed by atoms with van der Waals surface area (Å²) >= 11 is 0. The van der Waals surface area contributed by atoms with Crippen molar-refractivity contribution in [2.45, 2.75) is 35.6 Å². The number of nitrogens with zero attached hydrogens (tertiary/aromatic N) is 1. The standard InChI is InChI=1S/C20H23NO3S/c1-16-15-20(25(23,24)18-11-7-4-8-12-18)19(21(16,2)22)14-13-17-9-5-3-6-10-17/h3-14,16,19-20H,15H2,1-2H3/b14-13+/t16-,19-,20-,21-/m0/s1. The Kier molecular flexibility index (Phi) is 4.82. The molecule has 1 saturated heterocycles. The Morgan fingerprint density at radius 1 is 1.04 bits per heavy atom. The quantitative estimate of drug-likeness (QED) is 0.620. The molecule has 1 aliphatic heterocycles. The van der Waals surface area contributed by atoms with E-state index in [2.05, 4.69) is 0 Å². The summed E-state index contributed by atoms with van der Waals surface area (Å²) in [5.74, 6) is 0. The second-order valence-corrected chi connectivity index (χ2v) is 8.97. The molecule has 0 aromatic heterocycles. The summed E-state index contributed by atoms with van der Waals surface area (Å²) in [6.45, 7) is 1.83. The van der Waals surface area contributed by atoms with Gasteiger partial charge in [0.2, 0.25) is 0 Å². The summed E-state index contributed by atoms with van der Waals surface area (Å²) in [5, 5.41) is 12.4. The smallest absolute Gasteiger partial charge is 0.187 e. The van der Waals surface area contributed by atoms with Crippen molar-refractivity contribution >= 4 is 15.9 Å².